The first-order chi connectivity index (χ1) is 8.13. The van der Waals surface area contributed by atoms with Crippen LogP contribution >= 0.6 is 0 Å². The predicted molar refractivity (Wildman–Crippen MR) is 73.2 cm³/mol. The van der Waals surface area contributed by atoms with Crippen molar-refractivity contribution in [1.82, 2.24) is 15.5 Å². The van der Waals surface area contributed by atoms with Crippen LogP contribution in [0.15, 0.2) is 0 Å². The van der Waals surface area contributed by atoms with Crippen molar-refractivity contribution >= 4 is 5.91 Å². The highest BCUT2D eigenvalue weighted by Crippen LogP contribution is 1.91. The molecule has 17 heavy (non-hydrogen) atoms. The van der Waals surface area contributed by atoms with Crippen LogP contribution < -0.4 is 10.6 Å². The van der Waals surface area contributed by atoms with E-state index in [4.69, 9.17) is 0 Å². The molecule has 0 aliphatic rings. The van der Waals surface area contributed by atoms with Gasteiger partial charge >= 0.3 is 0 Å². The average molecular weight is 243 g/mol. The molecule has 1 amide bonds. The van der Waals surface area contributed by atoms with E-state index in [1.807, 2.05) is 0 Å². The van der Waals surface area contributed by atoms with Crippen LogP contribution in [0.3, 0.4) is 0 Å². The number of carbonyl (C=O) groups is 1. The van der Waals surface area contributed by atoms with E-state index in [-0.39, 0.29) is 5.91 Å². The summed E-state index contributed by atoms with van der Waals surface area (Å²) in [5.74, 6) is 0.102. The Morgan fingerprint density at radius 2 is 1.88 bits per heavy atom. The Hall–Kier alpha value is -0.610. The van der Waals surface area contributed by atoms with Crippen LogP contribution in [0.4, 0.5) is 0 Å². The van der Waals surface area contributed by atoms with Gasteiger partial charge in [0.1, 0.15) is 0 Å². The molecular weight excluding hydrogens is 214 g/mol. The fraction of sp³-hybridized carbons (Fsp3) is 0.923. The highest BCUT2D eigenvalue weighted by Gasteiger charge is 2.08. The molecular formula is C13H29N3O. The quantitative estimate of drug-likeness (QED) is 0.567. The molecule has 0 spiro atoms. The van der Waals surface area contributed by atoms with E-state index in [9.17, 15) is 4.79 Å². The van der Waals surface area contributed by atoms with Crippen LogP contribution in [0.2, 0.25) is 0 Å². The Kier molecular flexibility index (Phi) is 10.2. The van der Waals surface area contributed by atoms with Crippen molar-refractivity contribution in [2.45, 2.75) is 46.6 Å². The second-order valence-corrected chi connectivity index (χ2v) is 4.47. The van der Waals surface area contributed by atoms with Crippen molar-refractivity contribution in [3.8, 4) is 0 Å². The topological polar surface area (TPSA) is 44.4 Å². The molecule has 4 nitrogen and oxygen atoms in total. The highest BCUT2D eigenvalue weighted by molar-refractivity contribution is 5.77. The maximum atomic E-state index is 11.5. The summed E-state index contributed by atoms with van der Waals surface area (Å²) >= 11 is 0. The molecule has 4 heteroatoms. The zero-order chi connectivity index (χ0) is 13.1. The summed E-state index contributed by atoms with van der Waals surface area (Å²) in [4.78, 5) is 13.8. The Morgan fingerprint density at radius 1 is 1.24 bits per heavy atom. The Morgan fingerprint density at radius 3 is 2.41 bits per heavy atom. The number of rotatable bonds is 10. The van der Waals surface area contributed by atoms with Gasteiger partial charge in [0, 0.05) is 19.1 Å². The lowest BCUT2D eigenvalue weighted by Gasteiger charge is -2.23. The van der Waals surface area contributed by atoms with Crippen LogP contribution in [-0.4, -0.2) is 49.6 Å². The summed E-state index contributed by atoms with van der Waals surface area (Å²) < 4.78 is 0. The molecule has 0 rings (SSSR count). The number of amides is 1. The number of unbranched alkanes of at least 4 members (excludes halogenated alkanes) is 1. The van der Waals surface area contributed by atoms with E-state index in [1.165, 1.54) is 0 Å². The SMILES string of the molecule is CCCCNC(=O)CNC(C)CN(CC)CC. The van der Waals surface area contributed by atoms with Crippen molar-refractivity contribution in [3.05, 3.63) is 0 Å². The van der Waals surface area contributed by atoms with E-state index >= 15 is 0 Å². The van der Waals surface area contributed by atoms with E-state index in [0.29, 0.717) is 12.6 Å². The summed E-state index contributed by atoms with van der Waals surface area (Å²) in [7, 11) is 0. The first-order valence-electron chi connectivity index (χ1n) is 6.86. The summed E-state index contributed by atoms with van der Waals surface area (Å²) in [5.41, 5.74) is 0. The van der Waals surface area contributed by atoms with Crippen molar-refractivity contribution in [1.29, 1.82) is 0 Å². The molecule has 0 saturated heterocycles. The van der Waals surface area contributed by atoms with Crippen molar-refractivity contribution in [2.24, 2.45) is 0 Å². The molecule has 0 aliphatic carbocycles. The molecule has 2 N–H and O–H groups in total. The van der Waals surface area contributed by atoms with E-state index in [2.05, 4.69) is 43.2 Å². The third kappa shape index (κ3) is 9.12. The van der Waals surface area contributed by atoms with Crippen molar-refractivity contribution in [3.63, 3.8) is 0 Å². The molecule has 0 bridgehead atoms. The molecule has 0 aromatic carbocycles. The monoisotopic (exact) mass is 243 g/mol. The summed E-state index contributed by atoms with van der Waals surface area (Å²) in [6, 6.07) is 0.354. The molecule has 0 aliphatic heterocycles. The van der Waals surface area contributed by atoms with Gasteiger partial charge in [-0.15, -0.1) is 0 Å². The minimum absolute atomic E-state index is 0.102. The number of hydrogen-bond acceptors (Lipinski definition) is 3. The first kappa shape index (κ1) is 16.4. The zero-order valence-corrected chi connectivity index (χ0v) is 11.9. The maximum Gasteiger partial charge on any atom is 0.233 e. The highest BCUT2D eigenvalue weighted by atomic mass is 16.1. The maximum absolute atomic E-state index is 11.5. The Labute approximate surface area is 106 Å². The number of carbonyl (C=O) groups excluding carboxylic acids is 1. The van der Waals surface area contributed by atoms with Gasteiger partial charge in [-0.05, 0) is 26.4 Å². The van der Waals surface area contributed by atoms with Gasteiger partial charge in [-0.3, -0.25) is 4.79 Å². The van der Waals surface area contributed by atoms with Crippen LogP contribution in [0.1, 0.15) is 40.5 Å². The van der Waals surface area contributed by atoms with Gasteiger partial charge in [-0.2, -0.15) is 0 Å². The largest absolute Gasteiger partial charge is 0.355 e. The summed E-state index contributed by atoms with van der Waals surface area (Å²) in [6.45, 7) is 12.9. The van der Waals surface area contributed by atoms with Gasteiger partial charge in [0.05, 0.1) is 6.54 Å². The molecule has 0 heterocycles. The predicted octanol–water partition coefficient (Wildman–Crippen LogP) is 1.22. The van der Waals surface area contributed by atoms with Crippen LogP contribution in [0.5, 0.6) is 0 Å². The molecule has 1 unspecified atom stereocenters. The standard InChI is InChI=1S/C13H29N3O/c1-5-8-9-14-13(17)10-15-12(4)11-16(6-2)7-3/h12,15H,5-11H2,1-4H3,(H,14,17). The number of nitrogens with zero attached hydrogens (tertiary/aromatic N) is 1. The van der Waals surface area contributed by atoms with Crippen molar-refractivity contribution < 1.29 is 4.79 Å². The number of nitrogens with one attached hydrogen (secondary N) is 2. The second kappa shape index (κ2) is 10.5. The summed E-state index contributed by atoms with van der Waals surface area (Å²) in [6.07, 6.45) is 2.17. The van der Waals surface area contributed by atoms with Gasteiger partial charge < -0.3 is 15.5 Å². The summed E-state index contributed by atoms with van der Waals surface area (Å²) in [5, 5.41) is 6.16. The van der Waals surface area contributed by atoms with Gasteiger partial charge in [-0.25, -0.2) is 0 Å². The first-order valence-corrected chi connectivity index (χ1v) is 6.86. The number of hydrogen-bond donors (Lipinski definition) is 2. The molecule has 0 saturated carbocycles. The van der Waals surface area contributed by atoms with Crippen molar-refractivity contribution in [2.75, 3.05) is 32.7 Å². The minimum Gasteiger partial charge on any atom is -0.355 e. The fourth-order valence-corrected chi connectivity index (χ4v) is 1.67. The lowest BCUT2D eigenvalue weighted by Crippen LogP contribution is -2.43. The van der Waals surface area contributed by atoms with E-state index in [0.717, 1.165) is 39.0 Å². The fourth-order valence-electron chi connectivity index (χ4n) is 1.67. The van der Waals surface area contributed by atoms with Gasteiger partial charge in [0.2, 0.25) is 5.91 Å². The Balaban J connectivity index is 3.61. The molecule has 0 aromatic rings. The van der Waals surface area contributed by atoms with Gasteiger partial charge in [0.15, 0.2) is 0 Å². The third-order valence-electron chi connectivity index (χ3n) is 2.89. The van der Waals surface area contributed by atoms with Crippen LogP contribution in [-0.2, 0) is 4.79 Å². The molecule has 0 aromatic heterocycles. The average Bonchev–Trinajstić information content (AvgIpc) is 2.33. The lowest BCUT2D eigenvalue weighted by atomic mass is 10.3. The minimum atomic E-state index is 0.102. The van der Waals surface area contributed by atoms with Crippen LogP contribution in [0.25, 0.3) is 0 Å². The smallest absolute Gasteiger partial charge is 0.233 e. The lowest BCUT2D eigenvalue weighted by molar-refractivity contribution is -0.120. The molecule has 1 atom stereocenters. The zero-order valence-electron chi connectivity index (χ0n) is 11.9. The molecule has 102 valence electrons. The normalized spacial score (nSPS) is 12.8. The van der Waals surface area contributed by atoms with E-state index < -0.39 is 0 Å². The molecule has 0 radical (unpaired) electrons. The third-order valence-corrected chi connectivity index (χ3v) is 2.89. The van der Waals surface area contributed by atoms with E-state index in [1.54, 1.807) is 0 Å². The van der Waals surface area contributed by atoms with Crippen LogP contribution in [0, 0.1) is 0 Å². The Bertz CT molecular complexity index is 193. The number of likely N-dealkylation sites (N-methyl/N-ethyl adjacent to an activating group) is 1. The molecule has 0 fully saturated rings. The second-order valence-electron chi connectivity index (χ2n) is 4.47. The van der Waals surface area contributed by atoms with Gasteiger partial charge in [-0.1, -0.05) is 27.2 Å². The van der Waals surface area contributed by atoms with Gasteiger partial charge in [0.25, 0.3) is 0 Å².